The molecule has 0 unspecified atom stereocenters. The molecule has 0 aliphatic rings. The molecule has 0 fully saturated rings. The predicted octanol–water partition coefficient (Wildman–Crippen LogP) is 4.45. The number of carboxylic acid groups (broad SMARTS) is 1. The zero-order chi connectivity index (χ0) is 25.9. The largest absolute Gasteiger partial charge is 0.480 e. The average molecular weight is 497 g/mol. The number of aryl methyl sites for hydroxylation is 2. The van der Waals surface area contributed by atoms with Crippen molar-refractivity contribution in [2.24, 2.45) is 7.05 Å². The van der Waals surface area contributed by atoms with Crippen molar-refractivity contribution in [3.05, 3.63) is 78.3 Å². The van der Waals surface area contributed by atoms with E-state index in [1.54, 1.807) is 54.6 Å². The SMILES string of the molecule is Cc1cc(Nc2nccc(C(F)(F)F)n2)cc(-c2ccc(N[C@H](Cc3cncn3C)C(=O)O)nc2)c1. The number of imidazole rings is 1. The summed E-state index contributed by atoms with van der Waals surface area (Å²) in [4.78, 5) is 27.5. The lowest BCUT2D eigenvalue weighted by Crippen LogP contribution is -2.32. The number of benzene rings is 1. The first-order chi connectivity index (χ1) is 17.1. The van der Waals surface area contributed by atoms with Gasteiger partial charge in [-0.05, 0) is 48.4 Å². The molecule has 0 spiro atoms. The van der Waals surface area contributed by atoms with Gasteiger partial charge in [-0.2, -0.15) is 13.2 Å². The van der Waals surface area contributed by atoms with Crippen molar-refractivity contribution in [1.82, 2.24) is 24.5 Å². The van der Waals surface area contributed by atoms with Crippen molar-refractivity contribution >= 4 is 23.4 Å². The molecule has 3 heterocycles. The Bertz CT molecular complexity index is 1370. The molecule has 1 atom stereocenters. The van der Waals surface area contributed by atoms with E-state index in [0.717, 1.165) is 34.6 Å². The van der Waals surface area contributed by atoms with E-state index in [-0.39, 0.29) is 12.4 Å². The van der Waals surface area contributed by atoms with Gasteiger partial charge in [0.05, 0.1) is 6.33 Å². The second kappa shape index (κ2) is 10.0. The molecule has 0 amide bonds. The molecule has 0 bridgehead atoms. The maximum Gasteiger partial charge on any atom is 0.433 e. The maximum atomic E-state index is 13.0. The van der Waals surface area contributed by atoms with Crippen LogP contribution in [0, 0.1) is 6.92 Å². The Hall–Kier alpha value is -4.48. The molecule has 4 rings (SSSR count). The highest BCUT2D eigenvalue weighted by Gasteiger charge is 2.32. The van der Waals surface area contributed by atoms with Crippen LogP contribution in [0.1, 0.15) is 17.0 Å². The Morgan fingerprint density at radius 2 is 1.92 bits per heavy atom. The van der Waals surface area contributed by atoms with E-state index in [2.05, 4.69) is 30.6 Å². The third-order valence-corrected chi connectivity index (χ3v) is 5.33. The van der Waals surface area contributed by atoms with Crippen LogP contribution < -0.4 is 10.6 Å². The molecular formula is C24H22F3N7O2. The van der Waals surface area contributed by atoms with Crippen molar-refractivity contribution in [2.75, 3.05) is 10.6 Å². The lowest BCUT2D eigenvalue weighted by atomic mass is 10.0. The standard InChI is InChI=1S/C24H22F3N7O2/c1-14-7-16(9-17(8-14)31-23-29-6-5-20(33-23)24(25,26)27)15-3-4-21(30-11-15)32-19(22(35)36)10-18-12-28-13-34(18)2/h3-9,11-13,19H,10H2,1-2H3,(H,30,32)(H,35,36)(H,29,31,33)/t19-/m1/s1. The van der Waals surface area contributed by atoms with Gasteiger partial charge in [0.25, 0.3) is 0 Å². The van der Waals surface area contributed by atoms with Crippen molar-refractivity contribution < 1.29 is 23.1 Å². The molecule has 0 saturated heterocycles. The number of carboxylic acids is 1. The zero-order valence-corrected chi connectivity index (χ0v) is 19.3. The van der Waals surface area contributed by atoms with Crippen LogP contribution in [0.3, 0.4) is 0 Å². The number of hydrogen-bond donors (Lipinski definition) is 3. The van der Waals surface area contributed by atoms with Crippen LogP contribution in [-0.2, 0) is 24.4 Å². The Morgan fingerprint density at radius 1 is 1.11 bits per heavy atom. The number of aliphatic carboxylic acids is 1. The fourth-order valence-electron chi connectivity index (χ4n) is 3.55. The molecule has 186 valence electrons. The first-order valence-electron chi connectivity index (χ1n) is 10.8. The van der Waals surface area contributed by atoms with Gasteiger partial charge >= 0.3 is 12.1 Å². The van der Waals surface area contributed by atoms with E-state index in [4.69, 9.17) is 0 Å². The summed E-state index contributed by atoms with van der Waals surface area (Å²) in [7, 11) is 1.79. The summed E-state index contributed by atoms with van der Waals surface area (Å²) in [6.45, 7) is 1.85. The number of carbonyl (C=O) groups is 1. The Balaban J connectivity index is 1.51. The topological polar surface area (TPSA) is 118 Å². The second-order valence-electron chi connectivity index (χ2n) is 8.14. The first-order valence-corrected chi connectivity index (χ1v) is 10.8. The molecule has 0 aliphatic heterocycles. The van der Waals surface area contributed by atoms with E-state index >= 15 is 0 Å². The number of hydrogen-bond acceptors (Lipinski definition) is 7. The molecule has 1 aromatic carbocycles. The first kappa shape index (κ1) is 24.6. The van der Waals surface area contributed by atoms with Gasteiger partial charge < -0.3 is 20.3 Å². The third-order valence-electron chi connectivity index (χ3n) is 5.33. The highest BCUT2D eigenvalue weighted by atomic mass is 19.4. The second-order valence-corrected chi connectivity index (χ2v) is 8.14. The molecule has 0 aliphatic carbocycles. The third kappa shape index (κ3) is 5.95. The highest BCUT2D eigenvalue weighted by Crippen LogP contribution is 2.29. The summed E-state index contributed by atoms with van der Waals surface area (Å²) in [6, 6.07) is 8.73. The number of anilines is 3. The Labute approximate surface area is 204 Å². The van der Waals surface area contributed by atoms with E-state index in [1.165, 1.54) is 0 Å². The van der Waals surface area contributed by atoms with Gasteiger partial charge in [-0.3, -0.25) is 0 Å². The van der Waals surface area contributed by atoms with Gasteiger partial charge in [0.1, 0.15) is 17.6 Å². The summed E-state index contributed by atoms with van der Waals surface area (Å²) >= 11 is 0. The molecule has 3 N–H and O–H groups in total. The minimum atomic E-state index is -4.57. The normalized spacial score (nSPS) is 12.2. The average Bonchev–Trinajstić information content (AvgIpc) is 3.22. The highest BCUT2D eigenvalue weighted by molar-refractivity contribution is 5.77. The molecule has 0 radical (unpaired) electrons. The number of pyridine rings is 1. The number of rotatable bonds is 8. The fourth-order valence-corrected chi connectivity index (χ4v) is 3.55. The summed E-state index contributed by atoms with van der Waals surface area (Å²) in [6.07, 6.45) is 1.50. The summed E-state index contributed by atoms with van der Waals surface area (Å²) in [5, 5.41) is 15.3. The minimum Gasteiger partial charge on any atom is -0.480 e. The molecule has 3 aromatic heterocycles. The molecule has 36 heavy (non-hydrogen) atoms. The maximum absolute atomic E-state index is 13.0. The smallest absolute Gasteiger partial charge is 0.433 e. The number of nitrogens with one attached hydrogen (secondary N) is 2. The fraction of sp³-hybridized carbons (Fsp3) is 0.208. The molecule has 9 nitrogen and oxygen atoms in total. The van der Waals surface area contributed by atoms with Gasteiger partial charge in [0.15, 0.2) is 0 Å². The Kier molecular flexibility index (Phi) is 6.86. The van der Waals surface area contributed by atoms with Crippen LogP contribution in [0.2, 0.25) is 0 Å². The minimum absolute atomic E-state index is 0.174. The molecular weight excluding hydrogens is 475 g/mol. The summed E-state index contributed by atoms with van der Waals surface area (Å²) < 4.78 is 40.6. The molecule has 12 heteroatoms. The number of alkyl halides is 3. The lowest BCUT2D eigenvalue weighted by molar-refractivity contribution is -0.141. The number of nitrogens with zero attached hydrogens (tertiary/aromatic N) is 5. The monoisotopic (exact) mass is 497 g/mol. The van der Waals surface area contributed by atoms with Gasteiger partial charge in [-0.1, -0.05) is 6.07 Å². The number of aromatic nitrogens is 5. The summed E-state index contributed by atoms with van der Waals surface area (Å²) in [5.41, 5.74) is 2.57. The number of halogens is 3. The van der Waals surface area contributed by atoms with Crippen LogP contribution in [0.15, 0.2) is 61.3 Å². The van der Waals surface area contributed by atoms with Crippen LogP contribution in [0.4, 0.5) is 30.6 Å². The van der Waals surface area contributed by atoms with Crippen molar-refractivity contribution in [2.45, 2.75) is 25.6 Å². The van der Waals surface area contributed by atoms with Crippen molar-refractivity contribution in [3.8, 4) is 11.1 Å². The summed E-state index contributed by atoms with van der Waals surface area (Å²) in [5.74, 6) is -0.808. The lowest BCUT2D eigenvalue weighted by Gasteiger charge is -2.16. The van der Waals surface area contributed by atoms with Crippen LogP contribution in [0.5, 0.6) is 0 Å². The van der Waals surface area contributed by atoms with E-state index < -0.39 is 23.9 Å². The van der Waals surface area contributed by atoms with Gasteiger partial charge in [0, 0.05) is 49.0 Å². The van der Waals surface area contributed by atoms with E-state index in [1.807, 2.05) is 13.0 Å². The van der Waals surface area contributed by atoms with E-state index in [9.17, 15) is 23.1 Å². The van der Waals surface area contributed by atoms with Crippen LogP contribution in [0.25, 0.3) is 11.1 Å². The van der Waals surface area contributed by atoms with E-state index in [0.29, 0.717) is 11.5 Å². The Morgan fingerprint density at radius 3 is 2.56 bits per heavy atom. The van der Waals surface area contributed by atoms with Crippen LogP contribution >= 0.6 is 0 Å². The zero-order valence-electron chi connectivity index (χ0n) is 19.3. The van der Waals surface area contributed by atoms with Gasteiger partial charge in [-0.25, -0.2) is 24.7 Å². The molecule has 0 saturated carbocycles. The van der Waals surface area contributed by atoms with Gasteiger partial charge in [0.2, 0.25) is 5.95 Å². The van der Waals surface area contributed by atoms with Crippen LogP contribution in [-0.4, -0.2) is 41.6 Å². The quantitative estimate of drug-likeness (QED) is 0.327. The molecule has 4 aromatic rings. The van der Waals surface area contributed by atoms with Gasteiger partial charge in [-0.15, -0.1) is 0 Å². The predicted molar refractivity (Wildman–Crippen MR) is 127 cm³/mol. The van der Waals surface area contributed by atoms with Crippen molar-refractivity contribution in [3.63, 3.8) is 0 Å². The van der Waals surface area contributed by atoms with Crippen molar-refractivity contribution in [1.29, 1.82) is 0 Å².